The maximum atomic E-state index is 9.34. The highest BCUT2D eigenvalue weighted by Crippen LogP contribution is 2.28. The Kier molecular flexibility index (Phi) is 5.74. The average molecular weight is 297 g/mol. The summed E-state index contributed by atoms with van der Waals surface area (Å²) in [7, 11) is 0. The van der Waals surface area contributed by atoms with E-state index < -0.39 is 0 Å². The lowest BCUT2D eigenvalue weighted by Gasteiger charge is -2.13. The molecule has 0 fully saturated rings. The van der Waals surface area contributed by atoms with Gasteiger partial charge in [0.25, 0.3) is 0 Å². The van der Waals surface area contributed by atoms with Crippen LogP contribution >= 0.6 is 0 Å². The van der Waals surface area contributed by atoms with Crippen LogP contribution in [0.25, 0.3) is 10.9 Å². The van der Waals surface area contributed by atoms with E-state index in [2.05, 4.69) is 42.4 Å². The second kappa shape index (κ2) is 7.77. The van der Waals surface area contributed by atoms with Crippen LogP contribution in [0.15, 0.2) is 18.3 Å². The summed E-state index contributed by atoms with van der Waals surface area (Å²) in [5.74, 6) is 0. The van der Waals surface area contributed by atoms with E-state index in [1.54, 1.807) is 6.20 Å². The van der Waals surface area contributed by atoms with Gasteiger partial charge in [-0.2, -0.15) is 5.26 Å². The predicted molar refractivity (Wildman–Crippen MR) is 90.1 cm³/mol. The molecular weight excluding hydrogens is 274 g/mol. The standard InChI is InChI=1S/C18H23N3O/c1-4-22-8-6-5-7-20-18-15(11-19)12-21-17-14(3)9-13(2)10-16(17)18/h9-10,12H,4-8H2,1-3H3,(H,20,21). The van der Waals surface area contributed by atoms with Gasteiger partial charge in [-0.1, -0.05) is 11.6 Å². The molecule has 1 aromatic heterocycles. The zero-order chi connectivity index (χ0) is 15.9. The summed E-state index contributed by atoms with van der Waals surface area (Å²) in [4.78, 5) is 4.44. The normalized spacial score (nSPS) is 10.6. The van der Waals surface area contributed by atoms with Gasteiger partial charge in [-0.3, -0.25) is 4.98 Å². The molecule has 0 aliphatic heterocycles. The third-order valence-corrected chi connectivity index (χ3v) is 3.65. The van der Waals surface area contributed by atoms with Gasteiger partial charge in [-0.15, -0.1) is 0 Å². The Labute approximate surface area is 132 Å². The first kappa shape index (κ1) is 16.3. The molecule has 1 heterocycles. The van der Waals surface area contributed by atoms with Crippen molar-refractivity contribution in [3.63, 3.8) is 0 Å². The third-order valence-electron chi connectivity index (χ3n) is 3.65. The van der Waals surface area contributed by atoms with E-state index >= 15 is 0 Å². The first-order valence-electron chi connectivity index (χ1n) is 7.79. The minimum atomic E-state index is 0.599. The zero-order valence-electron chi connectivity index (χ0n) is 13.6. The molecule has 4 heteroatoms. The van der Waals surface area contributed by atoms with Gasteiger partial charge in [0.2, 0.25) is 0 Å². The number of aromatic nitrogens is 1. The molecule has 4 nitrogen and oxygen atoms in total. The highest BCUT2D eigenvalue weighted by Gasteiger charge is 2.10. The van der Waals surface area contributed by atoms with Crippen LogP contribution in [0.5, 0.6) is 0 Å². The number of nitrogens with zero attached hydrogens (tertiary/aromatic N) is 2. The minimum Gasteiger partial charge on any atom is -0.383 e. The maximum Gasteiger partial charge on any atom is 0.103 e. The second-order valence-electron chi connectivity index (χ2n) is 5.47. The van der Waals surface area contributed by atoms with E-state index in [1.807, 2.05) is 6.92 Å². The second-order valence-corrected chi connectivity index (χ2v) is 5.47. The fraction of sp³-hybridized carbons (Fsp3) is 0.444. The molecule has 0 aliphatic rings. The Hall–Kier alpha value is -2.12. The summed E-state index contributed by atoms with van der Waals surface area (Å²) < 4.78 is 5.34. The van der Waals surface area contributed by atoms with Crippen LogP contribution in [-0.2, 0) is 4.74 Å². The summed E-state index contributed by atoms with van der Waals surface area (Å²) in [6.45, 7) is 8.51. The third kappa shape index (κ3) is 3.75. The molecule has 116 valence electrons. The van der Waals surface area contributed by atoms with Crippen molar-refractivity contribution >= 4 is 16.6 Å². The topological polar surface area (TPSA) is 57.9 Å². The molecule has 0 aliphatic carbocycles. The Morgan fingerprint density at radius 2 is 2.09 bits per heavy atom. The summed E-state index contributed by atoms with van der Waals surface area (Å²) in [6, 6.07) is 6.45. The van der Waals surface area contributed by atoms with Crippen molar-refractivity contribution < 1.29 is 4.74 Å². The van der Waals surface area contributed by atoms with Crippen molar-refractivity contribution in [2.75, 3.05) is 25.1 Å². The molecular formula is C18H23N3O. The van der Waals surface area contributed by atoms with Crippen LogP contribution in [0.3, 0.4) is 0 Å². The lowest BCUT2D eigenvalue weighted by molar-refractivity contribution is 0.144. The molecule has 0 spiro atoms. The van der Waals surface area contributed by atoms with Crippen LogP contribution in [0.2, 0.25) is 0 Å². The number of nitriles is 1. The first-order chi connectivity index (χ1) is 10.7. The predicted octanol–water partition coefficient (Wildman–Crippen LogP) is 3.95. The number of unbranched alkanes of at least 4 members (excludes halogenated alkanes) is 1. The lowest BCUT2D eigenvalue weighted by Crippen LogP contribution is -2.06. The number of pyridine rings is 1. The smallest absolute Gasteiger partial charge is 0.103 e. The van der Waals surface area contributed by atoms with Gasteiger partial charge in [0.15, 0.2) is 0 Å². The molecule has 1 aromatic carbocycles. The van der Waals surface area contributed by atoms with E-state index in [0.717, 1.165) is 54.8 Å². The van der Waals surface area contributed by atoms with Gasteiger partial charge in [-0.25, -0.2) is 0 Å². The molecule has 2 rings (SSSR count). The van der Waals surface area contributed by atoms with E-state index in [1.165, 1.54) is 5.56 Å². The van der Waals surface area contributed by atoms with E-state index in [4.69, 9.17) is 4.74 Å². The Bertz CT molecular complexity index is 689. The molecule has 2 aromatic rings. The van der Waals surface area contributed by atoms with Crippen LogP contribution in [0.4, 0.5) is 5.69 Å². The summed E-state index contributed by atoms with van der Waals surface area (Å²) >= 11 is 0. The number of hydrogen-bond acceptors (Lipinski definition) is 4. The molecule has 0 radical (unpaired) electrons. The molecule has 0 atom stereocenters. The highest BCUT2D eigenvalue weighted by molar-refractivity contribution is 5.96. The van der Waals surface area contributed by atoms with Crippen molar-refractivity contribution in [2.24, 2.45) is 0 Å². The number of fused-ring (bicyclic) bond motifs is 1. The number of nitrogens with one attached hydrogen (secondary N) is 1. The lowest BCUT2D eigenvalue weighted by atomic mass is 10.0. The maximum absolute atomic E-state index is 9.34. The van der Waals surface area contributed by atoms with E-state index in [0.29, 0.717) is 5.56 Å². The number of anilines is 1. The molecule has 0 saturated carbocycles. The van der Waals surface area contributed by atoms with Crippen molar-refractivity contribution in [3.8, 4) is 6.07 Å². The molecule has 22 heavy (non-hydrogen) atoms. The fourth-order valence-corrected chi connectivity index (χ4v) is 2.62. The average Bonchev–Trinajstić information content (AvgIpc) is 2.50. The van der Waals surface area contributed by atoms with Crippen molar-refractivity contribution in [3.05, 3.63) is 35.0 Å². The van der Waals surface area contributed by atoms with Crippen LogP contribution in [0, 0.1) is 25.2 Å². The molecule has 0 bridgehead atoms. The zero-order valence-corrected chi connectivity index (χ0v) is 13.6. The number of benzene rings is 1. The molecule has 1 N–H and O–H groups in total. The number of aryl methyl sites for hydroxylation is 2. The quantitative estimate of drug-likeness (QED) is 0.786. The number of ether oxygens (including phenoxy) is 1. The van der Waals surface area contributed by atoms with Crippen LogP contribution in [0.1, 0.15) is 36.5 Å². The van der Waals surface area contributed by atoms with Crippen molar-refractivity contribution in [2.45, 2.75) is 33.6 Å². The Morgan fingerprint density at radius 1 is 1.27 bits per heavy atom. The molecule has 0 unspecified atom stereocenters. The first-order valence-corrected chi connectivity index (χ1v) is 7.79. The Morgan fingerprint density at radius 3 is 2.82 bits per heavy atom. The summed E-state index contributed by atoms with van der Waals surface area (Å²) in [5, 5.41) is 13.8. The fourth-order valence-electron chi connectivity index (χ4n) is 2.62. The largest absolute Gasteiger partial charge is 0.383 e. The van der Waals surface area contributed by atoms with Gasteiger partial charge < -0.3 is 10.1 Å². The van der Waals surface area contributed by atoms with Gasteiger partial charge in [0, 0.05) is 31.3 Å². The van der Waals surface area contributed by atoms with Crippen molar-refractivity contribution in [1.29, 1.82) is 5.26 Å². The van der Waals surface area contributed by atoms with Gasteiger partial charge in [0.05, 0.1) is 16.8 Å². The van der Waals surface area contributed by atoms with Gasteiger partial charge >= 0.3 is 0 Å². The Balaban J connectivity index is 2.21. The molecule has 0 amide bonds. The van der Waals surface area contributed by atoms with Crippen LogP contribution < -0.4 is 5.32 Å². The summed E-state index contributed by atoms with van der Waals surface area (Å²) in [6.07, 6.45) is 3.69. The van der Waals surface area contributed by atoms with E-state index in [-0.39, 0.29) is 0 Å². The SMILES string of the molecule is CCOCCCCNc1c(C#N)cnc2c(C)cc(C)cc12. The monoisotopic (exact) mass is 297 g/mol. The van der Waals surface area contributed by atoms with E-state index in [9.17, 15) is 5.26 Å². The van der Waals surface area contributed by atoms with Crippen LogP contribution in [-0.4, -0.2) is 24.7 Å². The minimum absolute atomic E-state index is 0.599. The van der Waals surface area contributed by atoms with Crippen molar-refractivity contribution in [1.82, 2.24) is 4.98 Å². The summed E-state index contributed by atoms with van der Waals surface area (Å²) in [5.41, 5.74) is 4.78. The molecule has 0 saturated heterocycles. The number of rotatable bonds is 7. The highest BCUT2D eigenvalue weighted by atomic mass is 16.5. The van der Waals surface area contributed by atoms with Gasteiger partial charge in [-0.05, 0) is 45.2 Å². The number of hydrogen-bond donors (Lipinski definition) is 1. The van der Waals surface area contributed by atoms with Gasteiger partial charge in [0.1, 0.15) is 6.07 Å².